The minimum absolute atomic E-state index is 0.143. The highest BCUT2D eigenvalue weighted by Gasteiger charge is 2.24. The number of hydrogen-bond acceptors (Lipinski definition) is 4. The van der Waals surface area contributed by atoms with Crippen molar-refractivity contribution in [1.82, 2.24) is 5.32 Å². The third-order valence-electron chi connectivity index (χ3n) is 4.44. The SMILES string of the molecule is O=C(NC1CCOc2ccc(Br)cc21)c1cccc(NC(=O)c2ccco2)c1. The molecule has 1 unspecified atom stereocenters. The second kappa shape index (κ2) is 7.90. The maximum atomic E-state index is 12.8. The average Bonchev–Trinajstić information content (AvgIpc) is 3.24. The molecular formula is C21H17BrN2O4. The number of fused-ring (bicyclic) bond motifs is 1. The van der Waals surface area contributed by atoms with Gasteiger partial charge in [-0.3, -0.25) is 9.59 Å². The highest BCUT2D eigenvalue weighted by molar-refractivity contribution is 9.10. The summed E-state index contributed by atoms with van der Waals surface area (Å²) in [7, 11) is 0. The summed E-state index contributed by atoms with van der Waals surface area (Å²) in [6.07, 6.45) is 2.12. The van der Waals surface area contributed by atoms with E-state index in [0.717, 1.165) is 15.8 Å². The highest BCUT2D eigenvalue weighted by atomic mass is 79.9. The van der Waals surface area contributed by atoms with Crippen LogP contribution in [0.25, 0.3) is 0 Å². The van der Waals surface area contributed by atoms with Crippen LogP contribution in [0.15, 0.2) is 69.8 Å². The molecule has 0 spiro atoms. The summed E-state index contributed by atoms with van der Waals surface area (Å²) in [5, 5.41) is 5.78. The minimum atomic E-state index is -0.370. The number of hydrogen-bond donors (Lipinski definition) is 2. The van der Waals surface area contributed by atoms with E-state index in [-0.39, 0.29) is 23.6 Å². The number of ether oxygens (including phenoxy) is 1. The molecule has 2 amide bonds. The number of anilines is 1. The monoisotopic (exact) mass is 440 g/mol. The summed E-state index contributed by atoms with van der Waals surface area (Å²) < 4.78 is 11.7. The molecule has 0 bridgehead atoms. The van der Waals surface area contributed by atoms with Crippen LogP contribution in [0.5, 0.6) is 5.75 Å². The van der Waals surface area contributed by atoms with Crippen LogP contribution in [0, 0.1) is 0 Å². The van der Waals surface area contributed by atoms with Gasteiger partial charge in [-0.25, -0.2) is 0 Å². The number of rotatable bonds is 4. The van der Waals surface area contributed by atoms with E-state index in [2.05, 4.69) is 26.6 Å². The normalized spacial score (nSPS) is 15.2. The fourth-order valence-electron chi connectivity index (χ4n) is 3.10. The van der Waals surface area contributed by atoms with Gasteiger partial charge in [0.1, 0.15) is 5.75 Å². The Bertz CT molecular complexity index is 1020. The first-order chi connectivity index (χ1) is 13.6. The van der Waals surface area contributed by atoms with E-state index in [0.29, 0.717) is 24.3 Å². The number of nitrogens with one attached hydrogen (secondary N) is 2. The topological polar surface area (TPSA) is 80.6 Å². The number of halogens is 1. The van der Waals surface area contributed by atoms with Crippen LogP contribution in [0.1, 0.15) is 38.9 Å². The quantitative estimate of drug-likeness (QED) is 0.623. The van der Waals surface area contributed by atoms with Gasteiger partial charge in [0.05, 0.1) is 18.9 Å². The Hall–Kier alpha value is -3.06. The third kappa shape index (κ3) is 3.94. The third-order valence-corrected chi connectivity index (χ3v) is 4.94. The molecule has 142 valence electrons. The molecule has 0 aliphatic carbocycles. The van der Waals surface area contributed by atoms with E-state index in [9.17, 15) is 9.59 Å². The predicted octanol–water partition coefficient (Wildman–Crippen LogP) is 4.55. The molecule has 1 aromatic heterocycles. The van der Waals surface area contributed by atoms with E-state index in [1.54, 1.807) is 36.4 Å². The average molecular weight is 441 g/mol. The van der Waals surface area contributed by atoms with E-state index in [4.69, 9.17) is 9.15 Å². The Kier molecular flexibility index (Phi) is 5.16. The minimum Gasteiger partial charge on any atom is -0.493 e. The first kappa shape index (κ1) is 18.3. The van der Waals surface area contributed by atoms with Crippen LogP contribution >= 0.6 is 15.9 Å². The second-order valence-corrected chi connectivity index (χ2v) is 7.27. The van der Waals surface area contributed by atoms with Crippen molar-refractivity contribution < 1.29 is 18.7 Å². The highest BCUT2D eigenvalue weighted by Crippen LogP contribution is 2.34. The molecule has 1 aliphatic rings. The second-order valence-electron chi connectivity index (χ2n) is 6.36. The molecule has 7 heteroatoms. The fourth-order valence-corrected chi connectivity index (χ4v) is 3.47. The van der Waals surface area contributed by atoms with Crippen molar-refractivity contribution in [1.29, 1.82) is 0 Å². The molecule has 28 heavy (non-hydrogen) atoms. The van der Waals surface area contributed by atoms with Crippen molar-refractivity contribution in [2.24, 2.45) is 0 Å². The molecule has 4 rings (SSSR count). The number of amides is 2. The lowest BCUT2D eigenvalue weighted by atomic mass is 10.00. The van der Waals surface area contributed by atoms with Gasteiger partial charge in [0.15, 0.2) is 5.76 Å². The lowest BCUT2D eigenvalue weighted by molar-refractivity contribution is 0.0923. The van der Waals surface area contributed by atoms with E-state index in [1.165, 1.54) is 6.26 Å². The summed E-state index contributed by atoms with van der Waals surface area (Å²) in [6.45, 7) is 0.540. The van der Waals surface area contributed by atoms with E-state index < -0.39 is 0 Å². The van der Waals surface area contributed by atoms with Crippen LogP contribution in [-0.4, -0.2) is 18.4 Å². The van der Waals surface area contributed by atoms with Crippen LogP contribution < -0.4 is 15.4 Å². The van der Waals surface area contributed by atoms with Crippen molar-refractivity contribution in [3.63, 3.8) is 0 Å². The van der Waals surface area contributed by atoms with Crippen LogP contribution in [0.2, 0.25) is 0 Å². The van der Waals surface area contributed by atoms with Crippen LogP contribution in [0.3, 0.4) is 0 Å². The molecule has 3 aromatic rings. The van der Waals surface area contributed by atoms with Gasteiger partial charge in [-0.2, -0.15) is 0 Å². The van der Waals surface area contributed by atoms with Gasteiger partial charge < -0.3 is 19.8 Å². The smallest absolute Gasteiger partial charge is 0.291 e. The Morgan fingerprint density at radius 2 is 1.93 bits per heavy atom. The van der Waals surface area contributed by atoms with Crippen molar-refractivity contribution in [3.05, 3.63) is 82.2 Å². The molecule has 1 atom stereocenters. The van der Waals surface area contributed by atoms with Crippen molar-refractivity contribution in [2.75, 3.05) is 11.9 Å². The maximum Gasteiger partial charge on any atom is 0.291 e. The van der Waals surface area contributed by atoms with Gasteiger partial charge >= 0.3 is 0 Å². The molecule has 0 saturated heterocycles. The summed E-state index contributed by atoms with van der Waals surface area (Å²) in [4.78, 5) is 24.9. The maximum absolute atomic E-state index is 12.8. The largest absolute Gasteiger partial charge is 0.493 e. The molecule has 6 nitrogen and oxygen atoms in total. The first-order valence-electron chi connectivity index (χ1n) is 8.78. The van der Waals surface area contributed by atoms with Gasteiger partial charge in [0.25, 0.3) is 11.8 Å². The van der Waals surface area contributed by atoms with Crippen LogP contribution in [0.4, 0.5) is 5.69 Å². The van der Waals surface area contributed by atoms with Crippen molar-refractivity contribution in [2.45, 2.75) is 12.5 Å². The van der Waals surface area contributed by atoms with E-state index >= 15 is 0 Å². The predicted molar refractivity (Wildman–Crippen MR) is 108 cm³/mol. The molecule has 0 fully saturated rings. The molecule has 0 saturated carbocycles. The standard InChI is InChI=1S/C21H17BrN2O4/c22-14-6-7-18-16(12-14)17(8-10-28-18)24-20(25)13-3-1-4-15(11-13)23-21(26)19-5-2-9-27-19/h1-7,9,11-12,17H,8,10H2,(H,23,26)(H,24,25). The van der Waals surface area contributed by atoms with Gasteiger partial charge in [-0.1, -0.05) is 22.0 Å². The Labute approximate surface area is 170 Å². The zero-order valence-corrected chi connectivity index (χ0v) is 16.4. The van der Waals surface area contributed by atoms with E-state index in [1.807, 2.05) is 18.2 Å². The zero-order valence-electron chi connectivity index (χ0n) is 14.8. The number of carbonyl (C=O) groups is 2. The fraction of sp³-hybridized carbons (Fsp3) is 0.143. The summed E-state index contributed by atoms with van der Waals surface area (Å²) in [6, 6.07) is 15.6. The first-order valence-corrected chi connectivity index (χ1v) is 9.57. The van der Waals surface area contributed by atoms with Crippen LogP contribution in [-0.2, 0) is 0 Å². The molecule has 0 radical (unpaired) electrons. The zero-order chi connectivity index (χ0) is 19.5. The lowest BCUT2D eigenvalue weighted by Gasteiger charge is -2.27. The molecule has 2 heterocycles. The van der Waals surface area contributed by atoms with Gasteiger partial charge in [0.2, 0.25) is 0 Å². The number of carbonyl (C=O) groups excluding carboxylic acids is 2. The molecule has 2 aromatic carbocycles. The summed E-state index contributed by atoms with van der Waals surface area (Å²) in [5.74, 6) is 0.399. The van der Waals surface area contributed by atoms with Crippen molar-refractivity contribution >= 4 is 33.4 Å². The molecular weight excluding hydrogens is 424 g/mol. The number of benzene rings is 2. The van der Waals surface area contributed by atoms with Gasteiger partial charge in [-0.15, -0.1) is 0 Å². The molecule has 2 N–H and O–H groups in total. The molecule has 1 aliphatic heterocycles. The Morgan fingerprint density at radius 3 is 2.75 bits per heavy atom. The Morgan fingerprint density at radius 1 is 1.04 bits per heavy atom. The Balaban J connectivity index is 1.49. The summed E-state index contributed by atoms with van der Waals surface area (Å²) >= 11 is 3.46. The van der Waals surface area contributed by atoms with Crippen molar-refractivity contribution in [3.8, 4) is 5.75 Å². The van der Waals surface area contributed by atoms with Gasteiger partial charge in [-0.05, 0) is 48.5 Å². The lowest BCUT2D eigenvalue weighted by Crippen LogP contribution is -2.32. The number of furan rings is 1. The van der Waals surface area contributed by atoms with Gasteiger partial charge in [0, 0.05) is 27.7 Å². The summed E-state index contributed by atoms with van der Waals surface area (Å²) in [5.41, 5.74) is 1.92.